The summed E-state index contributed by atoms with van der Waals surface area (Å²) < 4.78 is 6.65. The van der Waals surface area contributed by atoms with Crippen LogP contribution >= 0.6 is 0 Å². The Hall–Kier alpha value is -0.0400. The first-order chi connectivity index (χ1) is 15.0. The van der Waals surface area contributed by atoms with E-state index in [2.05, 4.69) is 0 Å². The van der Waals surface area contributed by atoms with Crippen molar-refractivity contribution in [1.82, 2.24) is 0 Å². The average molecular weight is 421 g/mol. The van der Waals surface area contributed by atoms with Gasteiger partial charge in [0.2, 0.25) is 0 Å². The van der Waals surface area contributed by atoms with Gasteiger partial charge in [-0.2, -0.15) is 0 Å². The molecule has 0 bridgehead atoms. The minimum absolute atomic E-state index is 0.561. The van der Waals surface area contributed by atoms with Crippen LogP contribution in [0.4, 0.5) is 0 Å². The van der Waals surface area contributed by atoms with Crippen molar-refractivity contribution in [1.29, 1.82) is 0 Å². The molecule has 0 spiro atoms. The van der Waals surface area contributed by atoms with Gasteiger partial charge >= 0.3 is 0 Å². The summed E-state index contributed by atoms with van der Waals surface area (Å²) >= 11 is 0. The second-order valence-corrected chi connectivity index (χ2v) is 10.7. The van der Waals surface area contributed by atoms with Crippen LogP contribution in [0, 0.1) is 5.92 Å². The van der Waals surface area contributed by atoms with E-state index in [4.69, 9.17) is 4.74 Å². The highest BCUT2D eigenvalue weighted by atomic mass is 16.5. The Morgan fingerprint density at radius 1 is 0.300 bits per heavy atom. The zero-order chi connectivity index (χ0) is 21.0. The second-order valence-electron chi connectivity index (χ2n) is 10.7. The molecule has 1 saturated heterocycles. The summed E-state index contributed by atoms with van der Waals surface area (Å²) in [4.78, 5) is 0. The smallest absolute Gasteiger partial charge is 0.0603 e. The predicted octanol–water partition coefficient (Wildman–Crippen LogP) is 10.2. The van der Waals surface area contributed by atoms with Crippen molar-refractivity contribution in [3.05, 3.63) is 0 Å². The molecule has 30 heavy (non-hydrogen) atoms. The van der Waals surface area contributed by atoms with Crippen molar-refractivity contribution in [2.24, 2.45) is 5.92 Å². The number of hydrogen-bond acceptors (Lipinski definition) is 1. The molecule has 2 rings (SSSR count). The summed E-state index contributed by atoms with van der Waals surface area (Å²) in [7, 11) is 0. The highest BCUT2D eigenvalue weighted by Gasteiger charge is 2.21. The van der Waals surface area contributed by atoms with Crippen LogP contribution in [0.25, 0.3) is 0 Å². The fourth-order valence-corrected chi connectivity index (χ4v) is 5.83. The fourth-order valence-electron chi connectivity index (χ4n) is 5.83. The molecule has 1 aliphatic heterocycles. The number of rotatable bonds is 1. The lowest BCUT2D eigenvalue weighted by atomic mass is 9.87. The lowest BCUT2D eigenvalue weighted by Crippen LogP contribution is -2.25. The van der Waals surface area contributed by atoms with Crippen molar-refractivity contribution < 1.29 is 4.74 Å². The van der Waals surface area contributed by atoms with Gasteiger partial charge in [0.25, 0.3) is 0 Å². The third-order valence-corrected chi connectivity index (χ3v) is 7.89. The molecule has 0 amide bonds. The third-order valence-electron chi connectivity index (χ3n) is 7.89. The summed E-state index contributed by atoms with van der Waals surface area (Å²) in [6, 6.07) is 0. The molecular formula is C29H56O. The van der Waals surface area contributed by atoms with E-state index in [1.165, 1.54) is 167 Å². The Morgan fingerprint density at radius 3 is 1.00 bits per heavy atom. The molecule has 1 atom stereocenters. The Labute approximate surface area is 190 Å². The Bertz CT molecular complexity index is 286. The molecule has 1 heteroatoms. The lowest BCUT2D eigenvalue weighted by Gasteiger charge is -2.28. The lowest BCUT2D eigenvalue weighted by molar-refractivity contribution is -0.00362. The Morgan fingerprint density at radius 2 is 0.600 bits per heavy atom. The summed E-state index contributed by atoms with van der Waals surface area (Å²) in [5.41, 5.74) is 0. The molecular weight excluding hydrogens is 364 g/mol. The Balaban J connectivity index is 1.83. The van der Waals surface area contributed by atoms with Gasteiger partial charge in [0.15, 0.2) is 0 Å². The van der Waals surface area contributed by atoms with Crippen LogP contribution in [0.5, 0.6) is 0 Å². The van der Waals surface area contributed by atoms with Gasteiger partial charge in [-0.1, -0.05) is 141 Å². The molecule has 2 fully saturated rings. The quantitative estimate of drug-likeness (QED) is 0.410. The maximum Gasteiger partial charge on any atom is 0.0603 e. The van der Waals surface area contributed by atoms with E-state index in [0.717, 1.165) is 12.5 Å². The molecule has 0 aromatic rings. The van der Waals surface area contributed by atoms with Crippen molar-refractivity contribution in [3.63, 3.8) is 0 Å². The van der Waals surface area contributed by atoms with E-state index in [1.54, 1.807) is 0 Å². The van der Waals surface area contributed by atoms with Crippen LogP contribution in [-0.2, 0) is 4.74 Å². The molecule has 1 aliphatic carbocycles. The van der Waals surface area contributed by atoms with Crippen molar-refractivity contribution in [2.75, 3.05) is 6.61 Å². The van der Waals surface area contributed by atoms with Crippen LogP contribution < -0.4 is 0 Å². The number of hydrogen-bond donors (Lipinski definition) is 0. The molecule has 2 aliphatic rings. The first-order valence-electron chi connectivity index (χ1n) is 14.6. The Kier molecular flexibility index (Phi) is 17.2. The number of ether oxygens (including phenoxy) is 1. The predicted molar refractivity (Wildman–Crippen MR) is 133 cm³/mol. The van der Waals surface area contributed by atoms with Crippen LogP contribution in [0.3, 0.4) is 0 Å². The molecule has 1 unspecified atom stereocenters. The maximum absolute atomic E-state index is 6.65. The summed E-state index contributed by atoms with van der Waals surface area (Å²) in [5, 5.41) is 0. The average Bonchev–Trinajstić information content (AvgIpc) is 2.77. The highest BCUT2D eigenvalue weighted by molar-refractivity contribution is 4.73. The molecule has 1 saturated carbocycles. The minimum atomic E-state index is 0.561. The van der Waals surface area contributed by atoms with Crippen LogP contribution in [0.2, 0.25) is 0 Å². The van der Waals surface area contributed by atoms with Gasteiger partial charge in [0.1, 0.15) is 0 Å². The maximum atomic E-state index is 6.65. The molecule has 1 nitrogen and oxygen atoms in total. The summed E-state index contributed by atoms with van der Waals surface area (Å²) in [6.07, 6.45) is 38.2. The SMILES string of the molecule is C1CCCCCCCC(C2CCCCCCCCCCCCCO2)CCCCCC1. The molecule has 0 radical (unpaired) electrons. The van der Waals surface area contributed by atoms with Gasteiger partial charge in [-0.15, -0.1) is 0 Å². The van der Waals surface area contributed by atoms with E-state index < -0.39 is 0 Å². The molecule has 0 aromatic heterocycles. The van der Waals surface area contributed by atoms with E-state index in [-0.39, 0.29) is 0 Å². The standard InChI is InChI=1S/C29H56O/c1-2-5-9-13-17-21-25-28(24-20-16-12-8-4-1)29-26-22-18-14-10-6-3-7-11-15-19-23-27-30-29/h28-29H,1-27H2. The van der Waals surface area contributed by atoms with Gasteiger partial charge < -0.3 is 4.74 Å². The minimum Gasteiger partial charge on any atom is -0.378 e. The van der Waals surface area contributed by atoms with E-state index in [1.807, 2.05) is 0 Å². The molecule has 178 valence electrons. The van der Waals surface area contributed by atoms with Gasteiger partial charge in [0.05, 0.1) is 6.10 Å². The zero-order valence-electron chi connectivity index (χ0n) is 20.7. The zero-order valence-corrected chi connectivity index (χ0v) is 20.7. The van der Waals surface area contributed by atoms with Crippen LogP contribution in [0.15, 0.2) is 0 Å². The first-order valence-corrected chi connectivity index (χ1v) is 14.6. The molecule has 0 aromatic carbocycles. The van der Waals surface area contributed by atoms with E-state index >= 15 is 0 Å². The normalized spacial score (nSPS) is 27.8. The van der Waals surface area contributed by atoms with E-state index in [9.17, 15) is 0 Å². The summed E-state index contributed by atoms with van der Waals surface area (Å²) in [6.45, 7) is 1.03. The van der Waals surface area contributed by atoms with Crippen molar-refractivity contribution in [3.8, 4) is 0 Å². The van der Waals surface area contributed by atoms with Crippen molar-refractivity contribution in [2.45, 2.75) is 173 Å². The molecule has 1 heterocycles. The van der Waals surface area contributed by atoms with E-state index in [0.29, 0.717) is 6.10 Å². The fraction of sp³-hybridized carbons (Fsp3) is 1.00. The van der Waals surface area contributed by atoms with Crippen molar-refractivity contribution >= 4 is 0 Å². The van der Waals surface area contributed by atoms with Gasteiger partial charge in [0, 0.05) is 6.61 Å². The monoisotopic (exact) mass is 420 g/mol. The van der Waals surface area contributed by atoms with Crippen LogP contribution in [0.1, 0.15) is 167 Å². The van der Waals surface area contributed by atoms with Gasteiger partial charge in [-0.25, -0.2) is 0 Å². The first kappa shape index (κ1) is 26.2. The topological polar surface area (TPSA) is 9.23 Å². The van der Waals surface area contributed by atoms with Crippen LogP contribution in [-0.4, -0.2) is 12.7 Å². The largest absolute Gasteiger partial charge is 0.378 e. The van der Waals surface area contributed by atoms with Gasteiger partial charge in [-0.3, -0.25) is 0 Å². The highest BCUT2D eigenvalue weighted by Crippen LogP contribution is 2.28. The third kappa shape index (κ3) is 14.1. The van der Waals surface area contributed by atoms with Gasteiger partial charge in [-0.05, 0) is 31.6 Å². The second kappa shape index (κ2) is 19.6. The summed E-state index contributed by atoms with van der Waals surface area (Å²) in [5.74, 6) is 0.839. The molecule has 0 N–H and O–H groups in total.